The van der Waals surface area contributed by atoms with Gasteiger partial charge in [-0.2, -0.15) is 13.2 Å². The number of anilines is 2. The second-order valence-electron chi connectivity index (χ2n) is 7.09. The van der Waals surface area contributed by atoms with Crippen LogP contribution in [0.5, 0.6) is 5.88 Å². The Hall–Kier alpha value is -3.62. The van der Waals surface area contributed by atoms with Crippen LogP contribution in [0.2, 0.25) is 0 Å². The van der Waals surface area contributed by atoms with Crippen LogP contribution in [0.1, 0.15) is 34.1 Å². The SMILES string of the molecule is CCc1nc(OC)ccc1-c1cc(C(F)(F)F)cc(C(N)=O)c1Nc1ccc(F)cc1C. The summed E-state index contributed by atoms with van der Waals surface area (Å²) in [5.41, 5.74) is 6.00. The Morgan fingerprint density at radius 1 is 1.12 bits per heavy atom. The number of alkyl halides is 3. The first-order valence-electron chi connectivity index (χ1n) is 9.67. The molecule has 2 aromatic carbocycles. The number of aromatic nitrogens is 1. The quantitative estimate of drug-likeness (QED) is 0.480. The van der Waals surface area contributed by atoms with Gasteiger partial charge in [0.25, 0.3) is 5.91 Å². The smallest absolute Gasteiger partial charge is 0.416 e. The number of pyridine rings is 1. The summed E-state index contributed by atoms with van der Waals surface area (Å²) in [6.07, 6.45) is -4.32. The largest absolute Gasteiger partial charge is 0.481 e. The summed E-state index contributed by atoms with van der Waals surface area (Å²) in [6, 6.07) is 8.65. The highest BCUT2D eigenvalue weighted by atomic mass is 19.4. The van der Waals surface area contributed by atoms with Gasteiger partial charge in [0.05, 0.1) is 29.6 Å². The van der Waals surface area contributed by atoms with Gasteiger partial charge in [-0.05, 0) is 55.3 Å². The van der Waals surface area contributed by atoms with E-state index in [1.54, 1.807) is 19.9 Å². The summed E-state index contributed by atoms with van der Waals surface area (Å²) >= 11 is 0. The Labute approximate surface area is 182 Å². The van der Waals surface area contributed by atoms with E-state index in [9.17, 15) is 22.4 Å². The van der Waals surface area contributed by atoms with Crippen molar-refractivity contribution in [2.24, 2.45) is 5.73 Å². The van der Waals surface area contributed by atoms with Crippen molar-refractivity contribution < 1.29 is 27.1 Å². The van der Waals surface area contributed by atoms with Gasteiger partial charge in [0.1, 0.15) is 5.82 Å². The van der Waals surface area contributed by atoms with Crippen LogP contribution in [0, 0.1) is 12.7 Å². The molecular weight excluding hydrogens is 426 g/mol. The number of nitrogens with zero attached hydrogens (tertiary/aromatic N) is 1. The number of nitrogens with two attached hydrogens (primary N) is 1. The fraction of sp³-hybridized carbons (Fsp3) is 0.217. The molecule has 9 heteroatoms. The van der Waals surface area contributed by atoms with Gasteiger partial charge in [-0.25, -0.2) is 9.37 Å². The summed E-state index contributed by atoms with van der Waals surface area (Å²) in [7, 11) is 1.43. The number of ether oxygens (including phenoxy) is 1. The lowest BCUT2D eigenvalue weighted by molar-refractivity contribution is -0.137. The van der Waals surface area contributed by atoms with E-state index in [4.69, 9.17) is 10.5 Å². The van der Waals surface area contributed by atoms with Crippen molar-refractivity contribution in [1.82, 2.24) is 4.98 Å². The molecule has 1 aromatic heterocycles. The number of carbonyl (C=O) groups is 1. The summed E-state index contributed by atoms with van der Waals surface area (Å²) in [6.45, 7) is 3.43. The highest BCUT2D eigenvalue weighted by Gasteiger charge is 2.33. The van der Waals surface area contributed by atoms with Gasteiger partial charge >= 0.3 is 6.18 Å². The van der Waals surface area contributed by atoms with Gasteiger partial charge in [0.2, 0.25) is 5.88 Å². The highest BCUT2D eigenvalue weighted by molar-refractivity contribution is 6.04. The summed E-state index contributed by atoms with van der Waals surface area (Å²) in [5, 5.41) is 2.98. The summed E-state index contributed by atoms with van der Waals surface area (Å²) in [5.74, 6) is -1.21. The zero-order valence-electron chi connectivity index (χ0n) is 17.6. The van der Waals surface area contributed by atoms with Gasteiger partial charge in [-0.3, -0.25) is 4.79 Å². The van der Waals surface area contributed by atoms with Crippen molar-refractivity contribution in [1.29, 1.82) is 0 Å². The number of nitrogens with one attached hydrogen (secondary N) is 1. The van der Waals surface area contributed by atoms with Crippen LogP contribution >= 0.6 is 0 Å². The minimum atomic E-state index is -4.71. The lowest BCUT2D eigenvalue weighted by atomic mass is 9.94. The number of halogens is 4. The topological polar surface area (TPSA) is 77.2 Å². The lowest BCUT2D eigenvalue weighted by Gasteiger charge is -2.21. The molecule has 1 amide bonds. The number of primary amides is 1. The number of hydrogen-bond acceptors (Lipinski definition) is 4. The monoisotopic (exact) mass is 447 g/mol. The molecule has 3 N–H and O–H groups in total. The van der Waals surface area contributed by atoms with Gasteiger partial charge in [-0.15, -0.1) is 0 Å². The molecule has 3 rings (SSSR count). The number of amides is 1. The van der Waals surface area contributed by atoms with Crippen molar-refractivity contribution in [3.05, 3.63) is 70.7 Å². The van der Waals surface area contributed by atoms with Crippen molar-refractivity contribution >= 4 is 17.3 Å². The van der Waals surface area contributed by atoms with E-state index in [-0.39, 0.29) is 16.8 Å². The molecule has 0 saturated carbocycles. The predicted molar refractivity (Wildman–Crippen MR) is 114 cm³/mol. The van der Waals surface area contributed by atoms with Crippen molar-refractivity contribution in [2.75, 3.05) is 12.4 Å². The van der Waals surface area contributed by atoms with Crippen molar-refractivity contribution in [3.63, 3.8) is 0 Å². The zero-order valence-corrected chi connectivity index (χ0v) is 17.6. The lowest BCUT2D eigenvalue weighted by Crippen LogP contribution is -2.17. The molecule has 0 spiro atoms. The molecule has 168 valence electrons. The average molecular weight is 447 g/mol. The third-order valence-electron chi connectivity index (χ3n) is 4.96. The fourth-order valence-corrected chi connectivity index (χ4v) is 3.36. The van der Waals surface area contributed by atoms with E-state index in [0.29, 0.717) is 40.9 Å². The second kappa shape index (κ2) is 8.86. The van der Waals surface area contributed by atoms with E-state index < -0.39 is 23.5 Å². The standard InChI is InChI=1S/C23H21F4N3O2/c1-4-18-15(6-8-20(29-18)32-3)16-10-13(23(25,26)27)11-17(22(28)31)21(16)30-19-7-5-14(24)9-12(19)2/h5-11,30H,4H2,1-3H3,(H2,28,31). The molecule has 1 heterocycles. The van der Waals surface area contributed by atoms with Gasteiger partial charge < -0.3 is 15.8 Å². The molecule has 0 aliphatic rings. The third kappa shape index (κ3) is 4.66. The molecule has 0 atom stereocenters. The molecule has 0 aliphatic heterocycles. The van der Waals surface area contributed by atoms with E-state index in [1.807, 2.05) is 0 Å². The number of hydrogen-bond donors (Lipinski definition) is 2. The Morgan fingerprint density at radius 2 is 1.84 bits per heavy atom. The van der Waals surface area contributed by atoms with Gasteiger partial charge in [0, 0.05) is 22.9 Å². The highest BCUT2D eigenvalue weighted by Crippen LogP contribution is 2.41. The molecule has 32 heavy (non-hydrogen) atoms. The molecule has 0 fully saturated rings. The Balaban J connectivity index is 2.35. The van der Waals surface area contributed by atoms with E-state index in [2.05, 4.69) is 10.3 Å². The molecular formula is C23H21F4N3O2. The molecule has 0 saturated heterocycles. The van der Waals surface area contributed by atoms with Crippen molar-refractivity contribution in [2.45, 2.75) is 26.4 Å². The second-order valence-corrected chi connectivity index (χ2v) is 7.09. The predicted octanol–water partition coefficient (Wildman–Crippen LogP) is 5.63. The van der Waals surface area contributed by atoms with Crippen LogP contribution in [-0.4, -0.2) is 18.0 Å². The Morgan fingerprint density at radius 3 is 2.41 bits per heavy atom. The van der Waals surface area contributed by atoms with Crippen LogP contribution in [0.4, 0.5) is 28.9 Å². The maximum Gasteiger partial charge on any atom is 0.416 e. The molecule has 0 bridgehead atoms. The van der Waals surface area contributed by atoms with Crippen LogP contribution in [0.3, 0.4) is 0 Å². The number of carbonyl (C=O) groups excluding carboxylic acids is 1. The Kier molecular flexibility index (Phi) is 6.38. The van der Waals surface area contributed by atoms with E-state index >= 15 is 0 Å². The molecule has 3 aromatic rings. The maximum absolute atomic E-state index is 13.6. The van der Waals surface area contributed by atoms with Crippen LogP contribution in [0.15, 0.2) is 42.5 Å². The summed E-state index contributed by atoms with van der Waals surface area (Å²) < 4.78 is 59.6. The summed E-state index contributed by atoms with van der Waals surface area (Å²) in [4.78, 5) is 16.5. The molecule has 0 aliphatic carbocycles. The third-order valence-corrected chi connectivity index (χ3v) is 4.96. The van der Waals surface area contributed by atoms with E-state index in [1.165, 1.54) is 31.4 Å². The van der Waals surface area contributed by atoms with Crippen molar-refractivity contribution in [3.8, 4) is 17.0 Å². The fourth-order valence-electron chi connectivity index (χ4n) is 3.36. The first-order chi connectivity index (χ1) is 15.0. The van der Waals surface area contributed by atoms with Gasteiger partial charge in [0.15, 0.2) is 0 Å². The number of benzene rings is 2. The van der Waals surface area contributed by atoms with Crippen LogP contribution in [0.25, 0.3) is 11.1 Å². The number of aryl methyl sites for hydroxylation is 2. The first-order valence-corrected chi connectivity index (χ1v) is 9.67. The minimum Gasteiger partial charge on any atom is -0.481 e. The average Bonchev–Trinajstić information content (AvgIpc) is 2.74. The molecule has 0 radical (unpaired) electrons. The number of rotatable bonds is 6. The number of methoxy groups -OCH3 is 1. The van der Waals surface area contributed by atoms with E-state index in [0.717, 1.165) is 6.07 Å². The van der Waals surface area contributed by atoms with Crippen LogP contribution < -0.4 is 15.8 Å². The van der Waals surface area contributed by atoms with Crippen LogP contribution in [-0.2, 0) is 12.6 Å². The maximum atomic E-state index is 13.6. The minimum absolute atomic E-state index is 0.0712. The van der Waals surface area contributed by atoms with Gasteiger partial charge in [-0.1, -0.05) is 6.92 Å². The Bertz CT molecular complexity index is 1180. The molecule has 0 unspecified atom stereocenters. The first kappa shape index (κ1) is 23.1. The molecule has 5 nitrogen and oxygen atoms in total. The normalized spacial score (nSPS) is 11.3. The zero-order chi connectivity index (χ0) is 23.6.